The molecule has 0 aliphatic heterocycles. The fraction of sp³-hybridized carbons (Fsp3) is 0.231. The van der Waals surface area contributed by atoms with Crippen LogP contribution in [0.2, 0.25) is 5.02 Å². The molecule has 90 valence electrons. The van der Waals surface area contributed by atoms with E-state index < -0.39 is 11.8 Å². The van der Waals surface area contributed by atoms with Gasteiger partial charge < -0.3 is 4.74 Å². The molecule has 17 heavy (non-hydrogen) atoms. The van der Waals surface area contributed by atoms with Gasteiger partial charge in [0.25, 0.3) is 5.78 Å². The summed E-state index contributed by atoms with van der Waals surface area (Å²) in [4.78, 5) is 22.5. The number of halogens is 1. The second-order valence-electron chi connectivity index (χ2n) is 3.70. The minimum absolute atomic E-state index is 0.296. The molecule has 0 N–H and O–H groups in total. The molecule has 0 unspecified atom stereocenters. The van der Waals surface area contributed by atoms with Crippen LogP contribution in [0.5, 0.6) is 0 Å². The van der Waals surface area contributed by atoms with Crippen LogP contribution < -0.4 is 0 Å². The van der Waals surface area contributed by atoms with Gasteiger partial charge in [0, 0.05) is 5.02 Å². The summed E-state index contributed by atoms with van der Waals surface area (Å²) in [6.45, 7) is 3.38. The summed E-state index contributed by atoms with van der Waals surface area (Å²) in [7, 11) is 0. The van der Waals surface area contributed by atoms with E-state index in [4.69, 9.17) is 16.3 Å². The number of carbonyl (C=O) groups is 2. The molecule has 4 heteroatoms. The number of rotatable bonds is 4. The minimum atomic E-state index is -0.842. The van der Waals surface area contributed by atoms with E-state index in [2.05, 4.69) is 0 Å². The van der Waals surface area contributed by atoms with Gasteiger partial charge in [0.15, 0.2) is 0 Å². The molecular formula is C13H13ClO3. The van der Waals surface area contributed by atoms with E-state index in [0.29, 0.717) is 5.02 Å². The summed E-state index contributed by atoms with van der Waals surface area (Å²) < 4.78 is 4.76. The van der Waals surface area contributed by atoms with Gasteiger partial charge in [-0.05, 0) is 37.6 Å². The van der Waals surface area contributed by atoms with Gasteiger partial charge >= 0.3 is 5.97 Å². The lowest BCUT2D eigenvalue weighted by atomic mass is 10.2. The highest BCUT2D eigenvalue weighted by Gasteiger charge is 2.12. The van der Waals surface area contributed by atoms with Crippen molar-refractivity contribution in [2.75, 3.05) is 0 Å². The zero-order valence-corrected chi connectivity index (χ0v) is 10.4. The number of carbonyl (C=O) groups excluding carboxylic acids is 2. The SMILES string of the molecule is CC(C)OC(=O)C(=O)/C=C/c1ccc(Cl)cc1. The van der Waals surface area contributed by atoms with Gasteiger partial charge in [0.2, 0.25) is 0 Å². The van der Waals surface area contributed by atoms with Crippen LogP contribution in [0.25, 0.3) is 6.08 Å². The molecule has 0 amide bonds. The third-order valence-electron chi connectivity index (χ3n) is 1.84. The first-order chi connectivity index (χ1) is 7.99. The molecule has 0 spiro atoms. The molecule has 3 nitrogen and oxygen atoms in total. The lowest BCUT2D eigenvalue weighted by Gasteiger charge is -2.04. The van der Waals surface area contributed by atoms with Gasteiger partial charge in [0.05, 0.1) is 6.10 Å². The van der Waals surface area contributed by atoms with Gasteiger partial charge in [-0.2, -0.15) is 0 Å². The largest absolute Gasteiger partial charge is 0.457 e. The molecular weight excluding hydrogens is 240 g/mol. The second kappa shape index (κ2) is 6.21. The number of ketones is 1. The van der Waals surface area contributed by atoms with Crippen LogP contribution in [-0.2, 0) is 14.3 Å². The van der Waals surface area contributed by atoms with Gasteiger partial charge in [-0.3, -0.25) is 4.79 Å². The highest BCUT2D eigenvalue weighted by Crippen LogP contribution is 2.10. The Bertz CT molecular complexity index is 432. The Balaban J connectivity index is 2.62. The smallest absolute Gasteiger partial charge is 0.379 e. The maximum Gasteiger partial charge on any atom is 0.379 e. The Morgan fingerprint density at radius 3 is 2.35 bits per heavy atom. The molecule has 0 fully saturated rings. The highest BCUT2D eigenvalue weighted by molar-refractivity contribution is 6.39. The summed E-state index contributed by atoms with van der Waals surface area (Å²) in [6, 6.07) is 6.91. The Morgan fingerprint density at radius 2 is 1.82 bits per heavy atom. The maximum absolute atomic E-state index is 11.3. The third-order valence-corrected chi connectivity index (χ3v) is 2.09. The van der Waals surface area contributed by atoms with Crippen molar-refractivity contribution >= 4 is 29.4 Å². The summed E-state index contributed by atoms with van der Waals surface area (Å²) in [5.74, 6) is -1.51. The van der Waals surface area contributed by atoms with Gasteiger partial charge in [0.1, 0.15) is 0 Å². The lowest BCUT2D eigenvalue weighted by Crippen LogP contribution is -2.19. The van der Waals surface area contributed by atoms with Gasteiger partial charge in [-0.15, -0.1) is 0 Å². The maximum atomic E-state index is 11.3. The van der Waals surface area contributed by atoms with Crippen LogP contribution in [0.3, 0.4) is 0 Å². The highest BCUT2D eigenvalue weighted by atomic mass is 35.5. The number of benzene rings is 1. The van der Waals surface area contributed by atoms with Crippen molar-refractivity contribution in [3.63, 3.8) is 0 Å². The molecule has 0 saturated heterocycles. The average Bonchev–Trinajstić information content (AvgIpc) is 2.27. The number of hydrogen-bond donors (Lipinski definition) is 0. The van der Waals surface area contributed by atoms with Crippen LogP contribution in [0.4, 0.5) is 0 Å². The van der Waals surface area contributed by atoms with Crippen molar-refractivity contribution in [1.82, 2.24) is 0 Å². The van der Waals surface area contributed by atoms with Crippen molar-refractivity contribution in [3.05, 3.63) is 40.9 Å². The molecule has 1 aromatic rings. The minimum Gasteiger partial charge on any atom is -0.457 e. The molecule has 0 saturated carbocycles. The molecule has 0 aliphatic carbocycles. The van der Waals surface area contributed by atoms with Crippen molar-refractivity contribution in [2.24, 2.45) is 0 Å². The van der Waals surface area contributed by atoms with Gasteiger partial charge in [-0.25, -0.2) is 4.79 Å². The molecule has 0 aromatic heterocycles. The molecule has 1 rings (SSSR count). The first-order valence-corrected chi connectivity index (χ1v) is 5.55. The first-order valence-electron chi connectivity index (χ1n) is 5.17. The average molecular weight is 253 g/mol. The summed E-state index contributed by atoms with van der Waals surface area (Å²) in [5.41, 5.74) is 0.792. The second-order valence-corrected chi connectivity index (χ2v) is 4.14. The van der Waals surface area contributed by atoms with Crippen LogP contribution >= 0.6 is 11.6 Å². The quantitative estimate of drug-likeness (QED) is 0.470. The predicted octanol–water partition coefficient (Wildman–Crippen LogP) is 2.87. The van der Waals surface area contributed by atoms with E-state index in [1.54, 1.807) is 44.2 Å². The Morgan fingerprint density at radius 1 is 1.24 bits per heavy atom. The standard InChI is InChI=1S/C13H13ClO3/c1-9(2)17-13(16)12(15)8-5-10-3-6-11(14)7-4-10/h3-9H,1-2H3/b8-5+. The van der Waals surface area contributed by atoms with Gasteiger partial charge in [-0.1, -0.05) is 29.8 Å². The fourth-order valence-corrected chi connectivity index (χ4v) is 1.21. The molecule has 0 bridgehead atoms. The van der Waals surface area contributed by atoms with E-state index in [1.807, 2.05) is 0 Å². The molecule has 1 aromatic carbocycles. The van der Waals surface area contributed by atoms with E-state index in [9.17, 15) is 9.59 Å². The Kier molecular flexibility index (Phi) is 4.91. The summed E-state index contributed by atoms with van der Waals surface area (Å²) >= 11 is 5.72. The molecule has 0 atom stereocenters. The third kappa shape index (κ3) is 4.83. The van der Waals surface area contributed by atoms with Crippen LogP contribution in [0.15, 0.2) is 30.3 Å². The summed E-state index contributed by atoms with van der Waals surface area (Å²) in [6.07, 6.45) is 2.43. The molecule has 0 heterocycles. The summed E-state index contributed by atoms with van der Waals surface area (Å²) in [5, 5.41) is 0.618. The van der Waals surface area contributed by atoms with Crippen LogP contribution in [0, 0.1) is 0 Å². The van der Waals surface area contributed by atoms with Crippen LogP contribution in [0.1, 0.15) is 19.4 Å². The Labute approximate surface area is 105 Å². The molecule has 0 radical (unpaired) electrons. The fourth-order valence-electron chi connectivity index (χ4n) is 1.09. The van der Waals surface area contributed by atoms with Crippen molar-refractivity contribution < 1.29 is 14.3 Å². The predicted molar refractivity (Wildman–Crippen MR) is 66.7 cm³/mol. The Hall–Kier alpha value is -1.61. The first kappa shape index (κ1) is 13.5. The van der Waals surface area contributed by atoms with Crippen LogP contribution in [-0.4, -0.2) is 17.9 Å². The monoisotopic (exact) mass is 252 g/mol. The van der Waals surface area contributed by atoms with E-state index in [0.717, 1.165) is 5.56 Å². The lowest BCUT2D eigenvalue weighted by molar-refractivity contribution is -0.154. The van der Waals surface area contributed by atoms with E-state index in [1.165, 1.54) is 6.08 Å². The number of ether oxygens (including phenoxy) is 1. The van der Waals surface area contributed by atoms with E-state index >= 15 is 0 Å². The van der Waals surface area contributed by atoms with E-state index in [-0.39, 0.29) is 6.10 Å². The topological polar surface area (TPSA) is 43.4 Å². The number of esters is 1. The number of hydrogen-bond acceptors (Lipinski definition) is 3. The zero-order chi connectivity index (χ0) is 12.8. The van der Waals surface area contributed by atoms with Crippen molar-refractivity contribution in [3.8, 4) is 0 Å². The normalized spacial score (nSPS) is 10.8. The van der Waals surface area contributed by atoms with Crippen molar-refractivity contribution in [2.45, 2.75) is 20.0 Å². The molecule has 0 aliphatic rings. The zero-order valence-electron chi connectivity index (χ0n) is 9.64. The van der Waals surface area contributed by atoms with Crippen molar-refractivity contribution in [1.29, 1.82) is 0 Å².